The Morgan fingerprint density at radius 3 is 2.58 bits per heavy atom. The molecule has 1 saturated heterocycles. The lowest BCUT2D eigenvalue weighted by Crippen LogP contribution is -2.49. The van der Waals surface area contributed by atoms with E-state index in [-0.39, 0.29) is 12.2 Å². The predicted molar refractivity (Wildman–Crippen MR) is 117 cm³/mol. The summed E-state index contributed by atoms with van der Waals surface area (Å²) in [6.07, 6.45) is 4.11. The number of benzene rings is 2. The largest absolute Gasteiger partial charge is 0.379 e. The van der Waals surface area contributed by atoms with E-state index in [0.717, 1.165) is 32.4 Å². The Bertz CT molecular complexity index is 1010. The topological polar surface area (TPSA) is 70.1 Å². The molecule has 1 N–H and O–H groups in total. The number of ether oxygens (including phenoxy) is 1. The van der Waals surface area contributed by atoms with E-state index in [2.05, 4.69) is 4.90 Å². The van der Waals surface area contributed by atoms with Crippen LogP contribution in [0.1, 0.15) is 46.3 Å². The number of hydrogen-bond acceptors (Lipinski definition) is 5. The van der Waals surface area contributed by atoms with Crippen molar-refractivity contribution in [1.82, 2.24) is 4.90 Å². The van der Waals surface area contributed by atoms with Gasteiger partial charge in [-0.1, -0.05) is 30.3 Å². The van der Waals surface area contributed by atoms with Gasteiger partial charge in [0, 0.05) is 24.2 Å². The number of ketones is 1. The summed E-state index contributed by atoms with van der Waals surface area (Å²) < 4.78 is 5.40. The summed E-state index contributed by atoms with van der Waals surface area (Å²) in [5, 5.41) is 11.5. The van der Waals surface area contributed by atoms with Gasteiger partial charge in [-0.25, -0.2) is 0 Å². The van der Waals surface area contributed by atoms with E-state index in [1.54, 1.807) is 17.0 Å². The molecule has 6 heteroatoms. The molecule has 0 saturated carbocycles. The highest BCUT2D eigenvalue weighted by Gasteiger charge is 2.51. The standard InChI is InChI=1S/C25H28N2O4/c28-23(20-10-9-18-5-1-2-6-19(18)15-20)16-25(30)21-7-3-4-8-22(21)27(24(25)29)17-26-11-13-31-14-12-26/h3-4,7-10,15,30H,1-2,5-6,11-14,16-17H2/t25-/m1/s1. The van der Waals surface area contributed by atoms with E-state index >= 15 is 0 Å². The highest BCUT2D eigenvalue weighted by atomic mass is 16.5. The monoisotopic (exact) mass is 420 g/mol. The SMILES string of the molecule is O=C(C[C@]1(O)C(=O)N(CN2CCOCC2)c2ccccc21)c1ccc2c(c1)CCCC2. The zero-order valence-corrected chi connectivity index (χ0v) is 17.7. The van der Waals surface area contributed by atoms with Gasteiger partial charge in [-0.15, -0.1) is 0 Å². The first-order valence-electron chi connectivity index (χ1n) is 11.2. The Kier molecular flexibility index (Phi) is 5.38. The van der Waals surface area contributed by atoms with Gasteiger partial charge in [0.1, 0.15) is 0 Å². The molecular weight excluding hydrogens is 392 g/mol. The molecule has 1 aliphatic carbocycles. The molecule has 31 heavy (non-hydrogen) atoms. The van der Waals surface area contributed by atoms with Crippen molar-refractivity contribution in [1.29, 1.82) is 0 Å². The molecule has 1 amide bonds. The number of morpholine rings is 1. The zero-order valence-electron chi connectivity index (χ0n) is 17.7. The van der Waals surface area contributed by atoms with Gasteiger partial charge in [0.25, 0.3) is 5.91 Å². The van der Waals surface area contributed by atoms with Gasteiger partial charge in [-0.05, 0) is 48.9 Å². The molecule has 0 spiro atoms. The Morgan fingerprint density at radius 2 is 1.77 bits per heavy atom. The van der Waals surface area contributed by atoms with Gasteiger partial charge in [-0.3, -0.25) is 19.4 Å². The van der Waals surface area contributed by atoms with Crippen LogP contribution in [0.3, 0.4) is 0 Å². The Morgan fingerprint density at radius 1 is 1.03 bits per heavy atom. The average Bonchev–Trinajstić information content (AvgIpc) is 3.01. The van der Waals surface area contributed by atoms with E-state index < -0.39 is 11.5 Å². The van der Waals surface area contributed by atoms with Crippen molar-refractivity contribution in [3.63, 3.8) is 0 Å². The van der Waals surface area contributed by atoms with E-state index in [1.165, 1.54) is 17.5 Å². The van der Waals surface area contributed by atoms with Gasteiger partial charge in [-0.2, -0.15) is 0 Å². The van der Waals surface area contributed by atoms with E-state index in [0.29, 0.717) is 36.7 Å². The molecule has 1 fully saturated rings. The summed E-state index contributed by atoms with van der Waals surface area (Å²) in [6.45, 7) is 3.11. The number of rotatable bonds is 5. The number of Topliss-reactive ketones (excluding diaryl/α,β-unsaturated/α-hetero) is 1. The van der Waals surface area contributed by atoms with E-state index in [4.69, 9.17) is 4.74 Å². The van der Waals surface area contributed by atoms with Crippen LogP contribution in [-0.2, 0) is 28.0 Å². The van der Waals surface area contributed by atoms with Crippen LogP contribution in [0, 0.1) is 0 Å². The summed E-state index contributed by atoms with van der Waals surface area (Å²) >= 11 is 0. The van der Waals surface area contributed by atoms with Gasteiger partial charge in [0.05, 0.1) is 32.0 Å². The van der Waals surface area contributed by atoms with Crippen LogP contribution in [0.25, 0.3) is 0 Å². The van der Waals surface area contributed by atoms with Crippen molar-refractivity contribution >= 4 is 17.4 Å². The first-order valence-corrected chi connectivity index (χ1v) is 11.2. The number of carbonyl (C=O) groups is 2. The number of carbonyl (C=O) groups excluding carboxylic acids is 2. The molecule has 6 nitrogen and oxygen atoms in total. The minimum Gasteiger partial charge on any atom is -0.379 e. The Labute approximate surface area is 182 Å². The molecule has 0 radical (unpaired) electrons. The second-order valence-corrected chi connectivity index (χ2v) is 8.77. The van der Waals surface area contributed by atoms with Gasteiger partial charge in [0.15, 0.2) is 11.4 Å². The minimum absolute atomic E-state index is 0.202. The maximum absolute atomic E-state index is 13.4. The number of hydrogen-bond donors (Lipinski definition) is 1. The quantitative estimate of drug-likeness (QED) is 0.753. The molecule has 3 aliphatic rings. The Balaban J connectivity index is 1.41. The molecule has 1 atom stereocenters. The second-order valence-electron chi connectivity index (χ2n) is 8.77. The Hall–Kier alpha value is -2.54. The van der Waals surface area contributed by atoms with E-state index in [1.807, 2.05) is 30.3 Å². The van der Waals surface area contributed by atoms with Crippen LogP contribution in [0.15, 0.2) is 42.5 Å². The summed E-state index contributed by atoms with van der Waals surface area (Å²) in [5.74, 6) is -0.626. The first-order chi connectivity index (χ1) is 15.1. The normalized spacial score (nSPS) is 23.5. The third-order valence-electron chi connectivity index (χ3n) is 6.77. The van der Waals surface area contributed by atoms with Crippen molar-refractivity contribution in [3.8, 4) is 0 Å². The summed E-state index contributed by atoms with van der Waals surface area (Å²) in [4.78, 5) is 30.4. The molecular formula is C25H28N2O4. The average molecular weight is 421 g/mol. The van der Waals surface area contributed by atoms with Crippen LogP contribution in [0.4, 0.5) is 5.69 Å². The molecule has 2 heterocycles. The molecule has 162 valence electrons. The van der Waals surface area contributed by atoms with Crippen molar-refractivity contribution in [2.45, 2.75) is 37.7 Å². The lowest BCUT2D eigenvalue weighted by atomic mass is 9.85. The van der Waals surface area contributed by atoms with Crippen molar-refractivity contribution in [3.05, 3.63) is 64.7 Å². The number of fused-ring (bicyclic) bond motifs is 2. The maximum atomic E-state index is 13.4. The molecule has 2 aromatic rings. The molecule has 0 aromatic heterocycles. The minimum atomic E-state index is -1.84. The number of aliphatic hydroxyl groups is 1. The van der Waals surface area contributed by atoms with Crippen LogP contribution >= 0.6 is 0 Å². The van der Waals surface area contributed by atoms with Crippen LogP contribution in [0.2, 0.25) is 0 Å². The highest BCUT2D eigenvalue weighted by molar-refractivity contribution is 6.10. The fraction of sp³-hybridized carbons (Fsp3) is 0.440. The number of para-hydroxylation sites is 1. The molecule has 2 aliphatic heterocycles. The first kappa shape index (κ1) is 20.4. The van der Waals surface area contributed by atoms with E-state index in [9.17, 15) is 14.7 Å². The molecule has 2 aromatic carbocycles. The molecule has 0 unspecified atom stereocenters. The lowest BCUT2D eigenvalue weighted by molar-refractivity contribution is -0.136. The molecule has 0 bridgehead atoms. The lowest BCUT2D eigenvalue weighted by Gasteiger charge is -2.31. The van der Waals surface area contributed by atoms with Crippen molar-refractivity contribution in [2.75, 3.05) is 37.9 Å². The van der Waals surface area contributed by atoms with Crippen molar-refractivity contribution in [2.24, 2.45) is 0 Å². The summed E-state index contributed by atoms with van der Waals surface area (Å²) in [5.41, 5.74) is 2.46. The maximum Gasteiger partial charge on any atom is 0.265 e. The third-order valence-corrected chi connectivity index (χ3v) is 6.77. The van der Waals surface area contributed by atoms with Gasteiger partial charge in [0.2, 0.25) is 0 Å². The number of aryl methyl sites for hydroxylation is 2. The fourth-order valence-electron chi connectivity index (χ4n) is 5.00. The second kappa shape index (κ2) is 8.19. The number of nitrogens with zero attached hydrogens (tertiary/aromatic N) is 2. The van der Waals surface area contributed by atoms with Gasteiger partial charge < -0.3 is 9.84 Å². The summed E-state index contributed by atoms with van der Waals surface area (Å²) in [6, 6.07) is 13.1. The van der Waals surface area contributed by atoms with Gasteiger partial charge >= 0.3 is 0 Å². The van der Waals surface area contributed by atoms with Crippen LogP contribution in [0.5, 0.6) is 0 Å². The smallest absolute Gasteiger partial charge is 0.265 e. The summed E-state index contributed by atoms with van der Waals surface area (Å²) in [7, 11) is 0. The van der Waals surface area contributed by atoms with Crippen LogP contribution in [-0.4, -0.2) is 54.7 Å². The number of anilines is 1. The fourth-order valence-corrected chi connectivity index (χ4v) is 5.00. The third kappa shape index (κ3) is 3.69. The number of amides is 1. The zero-order chi connectivity index (χ0) is 21.4. The van der Waals surface area contributed by atoms with Crippen LogP contribution < -0.4 is 4.90 Å². The van der Waals surface area contributed by atoms with Crippen molar-refractivity contribution < 1.29 is 19.4 Å². The highest BCUT2D eigenvalue weighted by Crippen LogP contribution is 2.43. The molecule has 5 rings (SSSR count). The predicted octanol–water partition coefficient (Wildman–Crippen LogP) is 2.66.